The van der Waals surface area contributed by atoms with Gasteiger partial charge in [0.15, 0.2) is 5.69 Å². The molecule has 1 heterocycles. The van der Waals surface area contributed by atoms with Gasteiger partial charge in [0.1, 0.15) is 0 Å². The highest BCUT2D eigenvalue weighted by Crippen LogP contribution is 2.19. The molecule has 0 spiro atoms. The zero-order valence-corrected chi connectivity index (χ0v) is 14.5. The number of sulfone groups is 1. The number of nitrogens with zero attached hydrogens (tertiary/aromatic N) is 2. The van der Waals surface area contributed by atoms with Gasteiger partial charge in [0.05, 0.1) is 17.0 Å². The van der Waals surface area contributed by atoms with Crippen molar-refractivity contribution in [3.63, 3.8) is 0 Å². The fraction of sp³-hybridized carbons (Fsp3) is 0.267. The molecule has 0 aliphatic carbocycles. The molecule has 0 saturated carbocycles. The molecule has 0 aliphatic heterocycles. The zero-order valence-electron chi connectivity index (χ0n) is 12.9. The summed E-state index contributed by atoms with van der Waals surface area (Å²) in [4.78, 5) is 19.8. The summed E-state index contributed by atoms with van der Waals surface area (Å²) in [6.45, 7) is 5.29. The van der Waals surface area contributed by atoms with Gasteiger partial charge in [0.2, 0.25) is 15.0 Å². The van der Waals surface area contributed by atoms with Gasteiger partial charge < -0.3 is 5.32 Å². The van der Waals surface area contributed by atoms with E-state index in [0.717, 1.165) is 17.3 Å². The van der Waals surface area contributed by atoms with Crippen LogP contribution in [0.4, 0.5) is 5.69 Å². The molecule has 0 atom stereocenters. The van der Waals surface area contributed by atoms with Gasteiger partial charge in [0, 0.05) is 5.69 Å². The van der Waals surface area contributed by atoms with E-state index < -0.39 is 20.9 Å². The van der Waals surface area contributed by atoms with Gasteiger partial charge in [-0.15, -0.1) is 0 Å². The van der Waals surface area contributed by atoms with E-state index in [-0.39, 0.29) is 16.5 Å². The van der Waals surface area contributed by atoms with Crippen LogP contribution in [0.1, 0.15) is 28.5 Å². The number of halogens is 1. The lowest BCUT2D eigenvalue weighted by atomic mass is 10.1. The maximum Gasteiger partial charge on any atom is 0.275 e. The Balaban J connectivity index is 2.37. The first-order chi connectivity index (χ1) is 10.7. The first-order valence-electron chi connectivity index (χ1n) is 6.88. The highest BCUT2D eigenvalue weighted by atomic mass is 35.5. The van der Waals surface area contributed by atoms with Gasteiger partial charge in [-0.25, -0.2) is 18.4 Å². The molecule has 1 aromatic carbocycles. The third-order valence-electron chi connectivity index (χ3n) is 3.07. The van der Waals surface area contributed by atoms with E-state index in [1.54, 1.807) is 12.1 Å². The molecule has 1 aromatic heterocycles. The molecule has 2 rings (SSSR count). The molecule has 1 amide bonds. The van der Waals surface area contributed by atoms with E-state index in [1.165, 1.54) is 6.92 Å². The number of hydrogen-bond donors (Lipinski definition) is 1. The molecular weight excluding hydrogens is 338 g/mol. The van der Waals surface area contributed by atoms with Crippen molar-refractivity contribution in [1.82, 2.24) is 9.97 Å². The monoisotopic (exact) mass is 353 g/mol. The van der Waals surface area contributed by atoms with Crippen molar-refractivity contribution >= 4 is 33.0 Å². The fourth-order valence-corrected chi connectivity index (χ4v) is 2.91. The second-order valence-electron chi connectivity index (χ2n) is 5.08. The first kappa shape index (κ1) is 17.4. The van der Waals surface area contributed by atoms with Gasteiger partial charge >= 0.3 is 0 Å². The van der Waals surface area contributed by atoms with Gasteiger partial charge in [-0.05, 0) is 37.1 Å². The molecule has 0 saturated heterocycles. The Kier molecular flexibility index (Phi) is 5.01. The van der Waals surface area contributed by atoms with Crippen molar-refractivity contribution in [3.05, 3.63) is 46.2 Å². The minimum atomic E-state index is -3.62. The maximum atomic E-state index is 12.3. The van der Waals surface area contributed by atoms with Crippen LogP contribution in [-0.4, -0.2) is 30.0 Å². The van der Waals surface area contributed by atoms with Crippen LogP contribution in [0.5, 0.6) is 0 Å². The van der Waals surface area contributed by atoms with Gasteiger partial charge in [-0.2, -0.15) is 0 Å². The Labute approximate surface area is 139 Å². The molecule has 122 valence electrons. The van der Waals surface area contributed by atoms with E-state index >= 15 is 0 Å². The average Bonchev–Trinajstić information content (AvgIpc) is 2.46. The summed E-state index contributed by atoms with van der Waals surface area (Å²) < 4.78 is 23.7. The molecule has 2 aromatic rings. The van der Waals surface area contributed by atoms with Crippen LogP contribution in [0.25, 0.3) is 0 Å². The van der Waals surface area contributed by atoms with Crippen LogP contribution in [0.3, 0.4) is 0 Å². The normalized spacial score (nSPS) is 11.3. The smallest absolute Gasteiger partial charge is 0.275 e. The molecule has 23 heavy (non-hydrogen) atoms. The van der Waals surface area contributed by atoms with Crippen LogP contribution in [0.2, 0.25) is 5.02 Å². The molecule has 8 heteroatoms. The molecule has 0 unspecified atom stereocenters. The number of nitrogens with one attached hydrogen (secondary N) is 1. The van der Waals surface area contributed by atoms with E-state index in [2.05, 4.69) is 15.3 Å². The standard InChI is InChI=1S/C15H16ClN3O3S/c1-4-23(21,22)15-17-8-12(16)13(19-15)14(20)18-11-6-9(2)5-10(3)7-11/h5-8H,4H2,1-3H3,(H,18,20). The van der Waals surface area contributed by atoms with Crippen molar-refractivity contribution in [2.45, 2.75) is 25.9 Å². The molecular formula is C15H16ClN3O3S. The van der Waals surface area contributed by atoms with Crippen LogP contribution in [0, 0.1) is 13.8 Å². The maximum absolute atomic E-state index is 12.3. The molecule has 1 N–H and O–H groups in total. The number of aromatic nitrogens is 2. The quantitative estimate of drug-likeness (QED) is 0.854. The Bertz CT molecular complexity index is 846. The van der Waals surface area contributed by atoms with E-state index in [0.29, 0.717) is 5.69 Å². The van der Waals surface area contributed by atoms with Crippen molar-refractivity contribution < 1.29 is 13.2 Å². The van der Waals surface area contributed by atoms with Crippen molar-refractivity contribution in [3.8, 4) is 0 Å². The number of benzene rings is 1. The molecule has 0 aliphatic rings. The highest BCUT2D eigenvalue weighted by molar-refractivity contribution is 7.91. The lowest BCUT2D eigenvalue weighted by Gasteiger charge is -2.09. The largest absolute Gasteiger partial charge is 0.321 e. The van der Waals surface area contributed by atoms with Crippen molar-refractivity contribution in [1.29, 1.82) is 0 Å². The summed E-state index contributed by atoms with van der Waals surface area (Å²) in [6, 6.07) is 5.56. The Morgan fingerprint density at radius 1 is 1.22 bits per heavy atom. The summed E-state index contributed by atoms with van der Waals surface area (Å²) in [6.07, 6.45) is 1.12. The second kappa shape index (κ2) is 6.64. The molecule has 0 bridgehead atoms. The third kappa shape index (κ3) is 4.05. The summed E-state index contributed by atoms with van der Waals surface area (Å²) in [5.41, 5.74) is 2.39. The predicted molar refractivity (Wildman–Crippen MR) is 88.6 cm³/mol. The average molecular weight is 354 g/mol. The number of amides is 1. The van der Waals surface area contributed by atoms with Crippen molar-refractivity contribution in [2.24, 2.45) is 0 Å². The molecule has 0 fully saturated rings. The third-order valence-corrected chi connectivity index (χ3v) is 4.86. The minimum absolute atomic E-state index is 0.0121. The van der Waals surface area contributed by atoms with Gasteiger partial charge in [-0.1, -0.05) is 24.6 Å². The van der Waals surface area contributed by atoms with Crippen LogP contribution < -0.4 is 5.32 Å². The Morgan fingerprint density at radius 3 is 2.39 bits per heavy atom. The Morgan fingerprint density at radius 2 is 1.83 bits per heavy atom. The number of anilines is 1. The number of hydrogen-bond acceptors (Lipinski definition) is 5. The van der Waals surface area contributed by atoms with Gasteiger partial charge in [-0.3, -0.25) is 4.79 Å². The second-order valence-corrected chi connectivity index (χ2v) is 7.66. The summed E-state index contributed by atoms with van der Waals surface area (Å²) in [5.74, 6) is -0.748. The van der Waals surface area contributed by atoms with Crippen LogP contribution >= 0.6 is 11.6 Å². The summed E-state index contributed by atoms with van der Waals surface area (Å²) >= 11 is 5.93. The lowest BCUT2D eigenvalue weighted by Crippen LogP contribution is -2.18. The van der Waals surface area contributed by atoms with Gasteiger partial charge in [0.25, 0.3) is 5.91 Å². The summed E-state index contributed by atoms with van der Waals surface area (Å²) in [5, 5.41) is 2.25. The minimum Gasteiger partial charge on any atom is -0.321 e. The number of carbonyl (C=O) groups excluding carboxylic acids is 1. The van der Waals surface area contributed by atoms with Crippen LogP contribution in [-0.2, 0) is 9.84 Å². The summed E-state index contributed by atoms with van der Waals surface area (Å²) in [7, 11) is -3.62. The number of carbonyl (C=O) groups is 1. The topological polar surface area (TPSA) is 89.0 Å². The fourth-order valence-electron chi connectivity index (χ4n) is 2.03. The van der Waals surface area contributed by atoms with E-state index in [4.69, 9.17) is 11.6 Å². The Hall–Kier alpha value is -1.99. The zero-order chi connectivity index (χ0) is 17.2. The number of aryl methyl sites for hydroxylation is 2. The predicted octanol–water partition coefficient (Wildman–Crippen LogP) is 2.79. The SMILES string of the molecule is CCS(=O)(=O)c1ncc(Cl)c(C(=O)Nc2cc(C)cc(C)c2)n1. The molecule has 6 nitrogen and oxygen atoms in total. The highest BCUT2D eigenvalue weighted by Gasteiger charge is 2.21. The van der Waals surface area contributed by atoms with Crippen molar-refractivity contribution in [2.75, 3.05) is 11.1 Å². The van der Waals surface area contributed by atoms with Crippen LogP contribution in [0.15, 0.2) is 29.6 Å². The van der Waals surface area contributed by atoms with E-state index in [9.17, 15) is 13.2 Å². The first-order valence-corrected chi connectivity index (χ1v) is 8.91. The van der Waals surface area contributed by atoms with E-state index in [1.807, 2.05) is 19.9 Å². The number of rotatable bonds is 4. The lowest BCUT2D eigenvalue weighted by molar-refractivity contribution is 0.102. The molecule has 0 radical (unpaired) electrons.